The van der Waals surface area contributed by atoms with Crippen molar-refractivity contribution < 1.29 is 4.39 Å². The van der Waals surface area contributed by atoms with Gasteiger partial charge in [-0.2, -0.15) is 10.5 Å². The number of aryl methyl sites for hydroxylation is 1. The molecule has 0 saturated carbocycles. The van der Waals surface area contributed by atoms with Crippen LogP contribution in [0.2, 0.25) is 5.02 Å². The summed E-state index contributed by atoms with van der Waals surface area (Å²) in [5, 5.41) is 20.1. The first-order valence-corrected chi connectivity index (χ1v) is 12.8. The van der Waals surface area contributed by atoms with Gasteiger partial charge in [-0.3, -0.25) is 14.7 Å². The minimum Gasteiger partial charge on any atom is -0.363 e. The quantitative estimate of drug-likeness (QED) is 0.373. The molecule has 4 aromatic rings. The Bertz CT molecular complexity index is 1640. The van der Waals surface area contributed by atoms with Crippen LogP contribution in [0.25, 0.3) is 11.0 Å². The Labute approximate surface area is 230 Å². The maximum atomic E-state index is 13.8. The van der Waals surface area contributed by atoms with Crippen LogP contribution in [0, 0.1) is 28.5 Å². The van der Waals surface area contributed by atoms with Crippen LogP contribution in [0.15, 0.2) is 59.5 Å². The molecule has 0 amide bonds. The van der Waals surface area contributed by atoms with Crippen molar-refractivity contribution in [2.45, 2.75) is 32.0 Å². The van der Waals surface area contributed by atoms with E-state index in [2.05, 4.69) is 33.9 Å². The number of nitriles is 2. The maximum absolute atomic E-state index is 13.8. The number of benzene rings is 1. The van der Waals surface area contributed by atoms with Gasteiger partial charge < -0.3 is 9.47 Å². The summed E-state index contributed by atoms with van der Waals surface area (Å²) in [7, 11) is 1.60. The first-order valence-electron chi connectivity index (χ1n) is 12.5. The summed E-state index contributed by atoms with van der Waals surface area (Å²) in [6.07, 6.45) is 1.21. The van der Waals surface area contributed by atoms with E-state index >= 15 is 0 Å². The van der Waals surface area contributed by atoms with Crippen LogP contribution in [0.4, 0.5) is 10.1 Å². The lowest BCUT2D eigenvalue weighted by Crippen LogP contribution is -2.58. The van der Waals surface area contributed by atoms with Crippen LogP contribution in [-0.2, 0) is 7.05 Å². The highest BCUT2D eigenvalue weighted by Gasteiger charge is 2.37. The molecular formula is C29H25ClFN7O. The van der Waals surface area contributed by atoms with Gasteiger partial charge in [0, 0.05) is 37.2 Å². The predicted octanol–water partition coefficient (Wildman–Crippen LogP) is 4.55. The molecule has 8 nitrogen and oxygen atoms in total. The molecule has 3 aromatic heterocycles. The van der Waals surface area contributed by atoms with Gasteiger partial charge in [-0.25, -0.2) is 9.37 Å². The summed E-state index contributed by atoms with van der Waals surface area (Å²) in [5.41, 5.74) is 2.87. The number of nitrogens with zero attached hydrogens (tertiary/aromatic N) is 7. The van der Waals surface area contributed by atoms with Gasteiger partial charge in [-0.15, -0.1) is 0 Å². The molecule has 1 aliphatic heterocycles. The summed E-state index contributed by atoms with van der Waals surface area (Å²) in [6, 6.07) is 17.5. The Morgan fingerprint density at radius 1 is 1.03 bits per heavy atom. The van der Waals surface area contributed by atoms with Gasteiger partial charge >= 0.3 is 0 Å². The van der Waals surface area contributed by atoms with Crippen molar-refractivity contribution in [3.63, 3.8) is 0 Å². The topological polar surface area (TPSA) is 102 Å². The third-order valence-corrected chi connectivity index (χ3v) is 7.56. The van der Waals surface area contributed by atoms with Crippen LogP contribution in [0.5, 0.6) is 0 Å². The van der Waals surface area contributed by atoms with E-state index in [-0.39, 0.29) is 29.4 Å². The van der Waals surface area contributed by atoms with Gasteiger partial charge in [0.2, 0.25) is 0 Å². The summed E-state index contributed by atoms with van der Waals surface area (Å²) in [4.78, 5) is 26.4. The Morgan fingerprint density at radius 3 is 2.41 bits per heavy atom. The normalized spacial score (nSPS) is 18.5. The Morgan fingerprint density at radius 2 is 1.77 bits per heavy atom. The van der Waals surface area contributed by atoms with Crippen molar-refractivity contribution in [2.75, 3.05) is 18.0 Å². The number of piperazine rings is 1. The van der Waals surface area contributed by atoms with Gasteiger partial charge in [0.05, 0.1) is 29.1 Å². The minimum absolute atomic E-state index is 0.00505. The van der Waals surface area contributed by atoms with Gasteiger partial charge in [0.15, 0.2) is 0 Å². The molecule has 0 N–H and O–H groups in total. The molecular weight excluding hydrogens is 517 g/mol. The number of halogens is 2. The number of hydrogen-bond acceptors (Lipinski definition) is 7. The number of hydrogen-bond donors (Lipinski definition) is 0. The molecule has 1 saturated heterocycles. The molecule has 4 heterocycles. The van der Waals surface area contributed by atoms with Crippen LogP contribution in [-0.4, -0.2) is 44.6 Å². The van der Waals surface area contributed by atoms with Gasteiger partial charge in [-0.05, 0) is 55.8 Å². The lowest BCUT2D eigenvalue weighted by molar-refractivity contribution is 0.128. The molecule has 5 rings (SSSR count). The van der Waals surface area contributed by atoms with E-state index in [1.165, 1.54) is 16.8 Å². The summed E-state index contributed by atoms with van der Waals surface area (Å²) < 4.78 is 15.2. The van der Waals surface area contributed by atoms with E-state index in [0.29, 0.717) is 40.5 Å². The fraction of sp³-hybridized carbons (Fsp3) is 0.276. The lowest BCUT2D eigenvalue weighted by atomic mass is 9.96. The number of fused-ring (bicyclic) bond motifs is 1. The largest absolute Gasteiger partial charge is 0.363 e. The van der Waals surface area contributed by atoms with E-state index in [1.807, 2.05) is 36.1 Å². The predicted molar refractivity (Wildman–Crippen MR) is 147 cm³/mol. The van der Waals surface area contributed by atoms with E-state index in [1.54, 1.807) is 25.2 Å². The van der Waals surface area contributed by atoms with Crippen molar-refractivity contribution in [3.8, 4) is 12.1 Å². The molecule has 39 heavy (non-hydrogen) atoms. The zero-order valence-electron chi connectivity index (χ0n) is 21.6. The van der Waals surface area contributed by atoms with Crippen LogP contribution in [0.1, 0.15) is 42.4 Å². The van der Waals surface area contributed by atoms with Crippen molar-refractivity contribution >= 4 is 28.3 Å². The van der Waals surface area contributed by atoms with Gasteiger partial charge in [-0.1, -0.05) is 23.7 Å². The van der Waals surface area contributed by atoms with Crippen LogP contribution >= 0.6 is 11.6 Å². The molecule has 10 heteroatoms. The molecule has 0 radical (unpaired) electrons. The monoisotopic (exact) mass is 541 g/mol. The molecule has 0 bridgehead atoms. The molecule has 3 atom stereocenters. The molecule has 196 valence electrons. The van der Waals surface area contributed by atoms with Crippen molar-refractivity contribution in [2.24, 2.45) is 7.05 Å². The van der Waals surface area contributed by atoms with E-state index in [4.69, 9.17) is 11.6 Å². The fourth-order valence-corrected chi connectivity index (χ4v) is 5.51. The Balaban J connectivity index is 1.61. The second-order valence-corrected chi connectivity index (χ2v) is 10.2. The number of rotatable bonds is 4. The first-order chi connectivity index (χ1) is 18.7. The van der Waals surface area contributed by atoms with E-state index in [9.17, 15) is 19.7 Å². The first kappa shape index (κ1) is 26.3. The number of aromatic nitrogens is 3. The highest BCUT2D eigenvalue weighted by atomic mass is 35.5. The third kappa shape index (κ3) is 4.72. The highest BCUT2D eigenvalue weighted by molar-refractivity contribution is 6.30. The second-order valence-electron chi connectivity index (χ2n) is 9.78. The summed E-state index contributed by atoms with van der Waals surface area (Å²) in [5.74, 6) is -0.411. The van der Waals surface area contributed by atoms with Gasteiger partial charge in [0.1, 0.15) is 34.7 Å². The Kier molecular flexibility index (Phi) is 7.05. The standard InChI is InChI=1S/C29H25ClFN7O/c1-17-16-38(28-23(13-33)29(39)36(3)25-11-9-22(12-32)35-26(25)28)18(2)15-37(17)27(19-4-6-20(30)7-5-19)24-10-8-21(31)14-34-24/h4-11,14,17-18,27H,15-16H2,1-3H3/t17-,18+,27?/m1/s1. The average molecular weight is 542 g/mol. The lowest BCUT2D eigenvalue weighted by Gasteiger charge is -2.48. The third-order valence-electron chi connectivity index (χ3n) is 7.31. The molecule has 0 spiro atoms. The highest BCUT2D eigenvalue weighted by Crippen LogP contribution is 2.36. The van der Waals surface area contributed by atoms with Crippen molar-refractivity contribution in [3.05, 3.63) is 98.4 Å². The van der Waals surface area contributed by atoms with E-state index < -0.39 is 11.4 Å². The molecule has 1 unspecified atom stereocenters. The Hall–Kier alpha value is -4.31. The van der Waals surface area contributed by atoms with E-state index in [0.717, 1.165) is 5.56 Å². The molecule has 1 aliphatic rings. The fourth-order valence-electron chi connectivity index (χ4n) is 5.39. The zero-order chi connectivity index (χ0) is 27.8. The second kappa shape index (κ2) is 10.5. The average Bonchev–Trinajstić information content (AvgIpc) is 2.94. The molecule has 1 fully saturated rings. The minimum atomic E-state index is -0.414. The number of pyridine rings is 3. The smallest absolute Gasteiger partial charge is 0.270 e. The van der Waals surface area contributed by atoms with Crippen molar-refractivity contribution in [1.29, 1.82) is 10.5 Å². The summed E-state index contributed by atoms with van der Waals surface area (Å²) >= 11 is 6.16. The van der Waals surface area contributed by atoms with Crippen molar-refractivity contribution in [1.82, 2.24) is 19.4 Å². The van der Waals surface area contributed by atoms with Crippen LogP contribution < -0.4 is 10.5 Å². The summed E-state index contributed by atoms with van der Waals surface area (Å²) in [6.45, 7) is 5.11. The number of anilines is 1. The van der Waals surface area contributed by atoms with Crippen LogP contribution in [0.3, 0.4) is 0 Å². The maximum Gasteiger partial charge on any atom is 0.270 e. The SMILES string of the molecule is C[C@@H]1CN(c2c(C#N)c(=O)n(C)c3ccc(C#N)nc23)[C@@H](C)CN1C(c1ccc(Cl)cc1)c1ccc(F)cn1. The van der Waals surface area contributed by atoms with Gasteiger partial charge in [0.25, 0.3) is 5.56 Å². The zero-order valence-corrected chi connectivity index (χ0v) is 22.4. The molecule has 1 aromatic carbocycles. The molecule has 0 aliphatic carbocycles.